The Labute approximate surface area is 174 Å². The summed E-state index contributed by atoms with van der Waals surface area (Å²) >= 11 is 0. The zero-order valence-corrected chi connectivity index (χ0v) is 17.5. The smallest absolute Gasteiger partial charge is 0.317 e. The summed E-state index contributed by atoms with van der Waals surface area (Å²) in [6.07, 6.45) is 2.49. The summed E-state index contributed by atoms with van der Waals surface area (Å²) in [5, 5.41) is 2.86. The number of nitrogens with one attached hydrogen (secondary N) is 1. The van der Waals surface area contributed by atoms with Gasteiger partial charge in [0.15, 0.2) is 0 Å². The lowest BCUT2D eigenvalue weighted by atomic mass is 9.96. The molecule has 2 saturated heterocycles. The van der Waals surface area contributed by atoms with Gasteiger partial charge in [0.05, 0.1) is 13.2 Å². The van der Waals surface area contributed by atoms with Crippen molar-refractivity contribution in [2.45, 2.75) is 25.8 Å². The Morgan fingerprint density at radius 1 is 1.10 bits per heavy atom. The highest BCUT2D eigenvalue weighted by Crippen LogP contribution is 2.19. The second kappa shape index (κ2) is 11.2. The van der Waals surface area contributed by atoms with Crippen LogP contribution in [0.15, 0.2) is 30.3 Å². The minimum absolute atomic E-state index is 0.140. The lowest BCUT2D eigenvalue weighted by molar-refractivity contribution is -0.132. The van der Waals surface area contributed by atoms with Crippen molar-refractivity contribution in [2.24, 2.45) is 5.92 Å². The fourth-order valence-electron chi connectivity index (χ4n) is 4.01. The highest BCUT2D eigenvalue weighted by atomic mass is 16.5. The monoisotopic (exact) mass is 402 g/mol. The van der Waals surface area contributed by atoms with E-state index < -0.39 is 0 Å². The lowest BCUT2D eigenvalue weighted by Crippen LogP contribution is -2.45. The Bertz CT molecular complexity index is 641. The van der Waals surface area contributed by atoms with Gasteiger partial charge in [-0.25, -0.2) is 4.79 Å². The average Bonchev–Trinajstić information content (AvgIpc) is 2.75. The topological polar surface area (TPSA) is 65.1 Å². The maximum Gasteiger partial charge on any atom is 0.317 e. The molecule has 0 unspecified atom stereocenters. The van der Waals surface area contributed by atoms with Crippen LogP contribution in [-0.4, -0.2) is 86.2 Å². The van der Waals surface area contributed by atoms with Crippen LogP contribution in [0.25, 0.3) is 0 Å². The van der Waals surface area contributed by atoms with Gasteiger partial charge < -0.3 is 19.9 Å². The molecule has 2 heterocycles. The molecule has 160 valence electrons. The third-order valence-corrected chi connectivity index (χ3v) is 5.81. The van der Waals surface area contributed by atoms with Gasteiger partial charge >= 0.3 is 6.03 Å². The maximum absolute atomic E-state index is 12.5. The number of nitrogens with zero attached hydrogens (tertiary/aromatic N) is 3. The molecule has 1 aromatic carbocycles. The molecule has 2 fully saturated rings. The first-order valence-electron chi connectivity index (χ1n) is 10.7. The molecule has 0 spiro atoms. The van der Waals surface area contributed by atoms with E-state index in [2.05, 4.69) is 10.2 Å². The Balaban J connectivity index is 1.30. The number of piperidine rings is 1. The summed E-state index contributed by atoms with van der Waals surface area (Å²) in [6, 6.07) is 9.73. The van der Waals surface area contributed by atoms with Crippen LogP contribution in [-0.2, 0) is 16.1 Å². The van der Waals surface area contributed by atoms with Crippen LogP contribution in [0.2, 0.25) is 0 Å². The summed E-state index contributed by atoms with van der Waals surface area (Å²) in [4.78, 5) is 30.8. The van der Waals surface area contributed by atoms with Crippen molar-refractivity contribution in [1.29, 1.82) is 0 Å². The normalized spacial score (nSPS) is 18.4. The van der Waals surface area contributed by atoms with Gasteiger partial charge in [0, 0.05) is 59.3 Å². The number of amides is 3. The van der Waals surface area contributed by atoms with Gasteiger partial charge in [-0.1, -0.05) is 30.3 Å². The van der Waals surface area contributed by atoms with E-state index in [9.17, 15) is 9.59 Å². The van der Waals surface area contributed by atoms with Crippen LogP contribution in [0.5, 0.6) is 0 Å². The SMILES string of the molecule is CN(Cc1ccccc1)C(=O)NCCC(=O)N1CCC(CN2CCOCC2)CC1. The van der Waals surface area contributed by atoms with E-state index in [4.69, 9.17) is 4.74 Å². The molecule has 0 aliphatic carbocycles. The number of morpholine rings is 1. The molecule has 0 atom stereocenters. The molecule has 7 heteroatoms. The van der Waals surface area contributed by atoms with Crippen molar-refractivity contribution in [3.05, 3.63) is 35.9 Å². The minimum atomic E-state index is -0.147. The first kappa shape index (κ1) is 21.6. The van der Waals surface area contributed by atoms with Gasteiger partial charge in [-0.15, -0.1) is 0 Å². The number of hydrogen-bond acceptors (Lipinski definition) is 4. The summed E-state index contributed by atoms with van der Waals surface area (Å²) in [5.41, 5.74) is 1.08. The van der Waals surface area contributed by atoms with Crippen molar-refractivity contribution in [1.82, 2.24) is 20.0 Å². The van der Waals surface area contributed by atoms with Crippen molar-refractivity contribution in [3.8, 4) is 0 Å². The predicted octanol–water partition coefficient (Wildman–Crippen LogP) is 1.79. The Kier molecular flexibility index (Phi) is 8.31. The molecular formula is C22H34N4O3. The lowest BCUT2D eigenvalue weighted by Gasteiger charge is -2.36. The molecule has 2 aliphatic rings. The number of rotatable bonds is 7. The van der Waals surface area contributed by atoms with Gasteiger partial charge in [0.2, 0.25) is 5.91 Å². The van der Waals surface area contributed by atoms with Gasteiger partial charge in [0.25, 0.3) is 0 Å². The van der Waals surface area contributed by atoms with Gasteiger partial charge in [0.1, 0.15) is 0 Å². The Morgan fingerprint density at radius 3 is 2.48 bits per heavy atom. The third kappa shape index (κ3) is 7.01. The molecule has 0 saturated carbocycles. The molecule has 7 nitrogen and oxygen atoms in total. The van der Waals surface area contributed by atoms with E-state index in [1.807, 2.05) is 35.2 Å². The van der Waals surface area contributed by atoms with Crippen molar-refractivity contribution in [2.75, 3.05) is 59.5 Å². The molecule has 0 radical (unpaired) electrons. The molecule has 0 aromatic heterocycles. The van der Waals surface area contributed by atoms with E-state index in [1.165, 1.54) is 0 Å². The number of carbonyl (C=O) groups excluding carboxylic acids is 2. The molecule has 2 aliphatic heterocycles. The zero-order chi connectivity index (χ0) is 20.5. The van der Waals surface area contributed by atoms with Gasteiger partial charge in [-0.3, -0.25) is 9.69 Å². The largest absolute Gasteiger partial charge is 0.379 e. The second-order valence-corrected chi connectivity index (χ2v) is 8.06. The molecule has 3 rings (SSSR count). The van der Waals surface area contributed by atoms with Crippen LogP contribution in [0.4, 0.5) is 4.79 Å². The van der Waals surface area contributed by atoms with E-state index in [1.54, 1.807) is 11.9 Å². The van der Waals surface area contributed by atoms with Gasteiger partial charge in [-0.05, 0) is 24.3 Å². The number of hydrogen-bond donors (Lipinski definition) is 1. The summed E-state index contributed by atoms with van der Waals surface area (Å²) in [6.45, 7) is 7.44. The fourth-order valence-corrected chi connectivity index (χ4v) is 4.01. The van der Waals surface area contributed by atoms with E-state index in [0.29, 0.717) is 25.4 Å². The number of likely N-dealkylation sites (tertiary alicyclic amines) is 1. The highest BCUT2D eigenvalue weighted by molar-refractivity contribution is 5.78. The summed E-state index contributed by atoms with van der Waals surface area (Å²) in [7, 11) is 1.77. The molecular weight excluding hydrogens is 368 g/mol. The van der Waals surface area contributed by atoms with Crippen molar-refractivity contribution >= 4 is 11.9 Å². The average molecular weight is 403 g/mol. The standard InChI is InChI=1S/C22H34N4O3/c1-24(17-19-5-3-2-4-6-19)22(28)23-10-7-21(27)26-11-8-20(9-12-26)18-25-13-15-29-16-14-25/h2-6,20H,7-18H2,1H3,(H,23,28). The van der Waals surface area contributed by atoms with Crippen LogP contribution in [0.3, 0.4) is 0 Å². The van der Waals surface area contributed by atoms with Gasteiger partial charge in [-0.2, -0.15) is 0 Å². The highest BCUT2D eigenvalue weighted by Gasteiger charge is 2.24. The third-order valence-electron chi connectivity index (χ3n) is 5.81. The maximum atomic E-state index is 12.5. The fraction of sp³-hybridized carbons (Fsp3) is 0.636. The molecule has 1 N–H and O–H groups in total. The first-order chi connectivity index (χ1) is 14.1. The van der Waals surface area contributed by atoms with Crippen molar-refractivity contribution in [3.63, 3.8) is 0 Å². The summed E-state index contributed by atoms with van der Waals surface area (Å²) < 4.78 is 5.41. The van der Waals surface area contributed by atoms with Crippen LogP contribution in [0.1, 0.15) is 24.8 Å². The molecule has 29 heavy (non-hydrogen) atoms. The quantitative estimate of drug-likeness (QED) is 0.755. The number of carbonyl (C=O) groups is 2. The number of benzene rings is 1. The summed E-state index contributed by atoms with van der Waals surface area (Å²) in [5.74, 6) is 0.810. The van der Waals surface area contributed by atoms with E-state index >= 15 is 0 Å². The Morgan fingerprint density at radius 2 is 1.79 bits per heavy atom. The zero-order valence-electron chi connectivity index (χ0n) is 17.5. The molecule has 0 bridgehead atoms. The van der Waals surface area contributed by atoms with Crippen LogP contribution >= 0.6 is 0 Å². The molecule has 3 amide bonds. The predicted molar refractivity (Wildman–Crippen MR) is 112 cm³/mol. The second-order valence-electron chi connectivity index (χ2n) is 8.06. The van der Waals surface area contributed by atoms with Crippen LogP contribution in [0, 0.1) is 5.92 Å². The minimum Gasteiger partial charge on any atom is -0.379 e. The van der Waals surface area contributed by atoms with E-state index in [0.717, 1.165) is 64.3 Å². The van der Waals surface area contributed by atoms with E-state index in [-0.39, 0.29) is 11.9 Å². The van der Waals surface area contributed by atoms with Crippen molar-refractivity contribution < 1.29 is 14.3 Å². The number of urea groups is 1. The van der Waals surface area contributed by atoms with Crippen LogP contribution < -0.4 is 5.32 Å². The number of ether oxygens (including phenoxy) is 1. The molecule has 1 aromatic rings. The Hall–Kier alpha value is -2.12. The first-order valence-corrected chi connectivity index (χ1v) is 10.7.